The lowest BCUT2D eigenvalue weighted by Gasteiger charge is -2.13. The Labute approximate surface area is 98.6 Å². The van der Waals surface area contributed by atoms with E-state index in [9.17, 15) is 4.39 Å². The van der Waals surface area contributed by atoms with Crippen molar-refractivity contribution in [1.29, 1.82) is 0 Å². The van der Waals surface area contributed by atoms with E-state index in [1.807, 2.05) is 47.2 Å². The van der Waals surface area contributed by atoms with E-state index in [1.54, 1.807) is 6.07 Å². The molecule has 2 nitrogen and oxygen atoms in total. The molecule has 0 atom stereocenters. The molecule has 2 aromatic carbocycles. The third-order valence-corrected chi connectivity index (χ3v) is 2.73. The van der Waals surface area contributed by atoms with Gasteiger partial charge >= 0.3 is 0 Å². The average Bonchev–Trinajstić information content (AvgIpc) is 2.40. The molecule has 0 aromatic heterocycles. The second kappa shape index (κ2) is 4.01. The van der Waals surface area contributed by atoms with Crippen molar-refractivity contribution in [3.8, 4) is 5.75 Å². The van der Waals surface area contributed by atoms with E-state index in [2.05, 4.69) is 0 Å². The first-order chi connectivity index (χ1) is 8.34. The smallest absolute Gasteiger partial charge is 0.292 e. The van der Waals surface area contributed by atoms with Crippen LogP contribution in [0.15, 0.2) is 48.5 Å². The molecule has 2 aromatic rings. The molecule has 0 spiro atoms. The summed E-state index contributed by atoms with van der Waals surface area (Å²) in [7, 11) is 0. The van der Waals surface area contributed by atoms with Gasteiger partial charge in [0.15, 0.2) is 17.8 Å². The predicted molar refractivity (Wildman–Crippen MR) is 63.4 cm³/mol. The number of halogens is 1. The Bertz CT molecular complexity index is 578. The average molecular weight is 228 g/mol. The first-order valence-electron chi connectivity index (χ1n) is 5.42. The molecule has 0 unspecified atom stereocenters. The number of para-hydroxylation sites is 2. The van der Waals surface area contributed by atoms with Gasteiger partial charge in [-0.25, -0.2) is 4.39 Å². The van der Waals surface area contributed by atoms with E-state index in [1.165, 1.54) is 6.07 Å². The molecule has 1 heterocycles. The maximum Gasteiger partial charge on any atom is 0.292 e. The van der Waals surface area contributed by atoms with Gasteiger partial charge in [0, 0.05) is 12.1 Å². The highest BCUT2D eigenvalue weighted by Gasteiger charge is 2.20. The fourth-order valence-corrected chi connectivity index (χ4v) is 1.89. The SMILES string of the molecule is Fc1cccc2c1OC[N+](c1ccccc1)=C2. The van der Waals surface area contributed by atoms with Crippen molar-refractivity contribution in [2.24, 2.45) is 0 Å². The first kappa shape index (κ1) is 10.0. The van der Waals surface area contributed by atoms with Crippen LogP contribution in [0.5, 0.6) is 5.75 Å². The van der Waals surface area contributed by atoms with Crippen LogP contribution in [0.3, 0.4) is 0 Å². The van der Waals surface area contributed by atoms with Gasteiger partial charge in [0.25, 0.3) is 6.73 Å². The summed E-state index contributed by atoms with van der Waals surface area (Å²) in [5.41, 5.74) is 1.79. The van der Waals surface area contributed by atoms with E-state index in [4.69, 9.17) is 4.74 Å². The molecule has 84 valence electrons. The van der Waals surface area contributed by atoms with E-state index in [0.717, 1.165) is 11.3 Å². The van der Waals surface area contributed by atoms with Crippen LogP contribution in [-0.4, -0.2) is 17.5 Å². The maximum atomic E-state index is 13.4. The van der Waals surface area contributed by atoms with Gasteiger partial charge < -0.3 is 4.74 Å². The van der Waals surface area contributed by atoms with Crippen molar-refractivity contribution < 1.29 is 13.7 Å². The van der Waals surface area contributed by atoms with E-state index >= 15 is 0 Å². The van der Waals surface area contributed by atoms with E-state index in [0.29, 0.717) is 12.5 Å². The molecule has 1 aliphatic heterocycles. The number of hydrogen-bond acceptors (Lipinski definition) is 1. The van der Waals surface area contributed by atoms with Gasteiger partial charge in [0.05, 0.1) is 5.56 Å². The molecular weight excluding hydrogens is 217 g/mol. The Hall–Kier alpha value is -2.16. The number of nitrogens with zero attached hydrogens (tertiary/aromatic N) is 1. The highest BCUT2D eigenvalue weighted by atomic mass is 19.1. The molecule has 0 saturated carbocycles. The van der Waals surface area contributed by atoms with Crippen molar-refractivity contribution >= 4 is 11.9 Å². The van der Waals surface area contributed by atoms with Crippen LogP contribution in [-0.2, 0) is 0 Å². The Balaban J connectivity index is 2.07. The molecule has 17 heavy (non-hydrogen) atoms. The minimum Gasteiger partial charge on any atom is -0.432 e. The Morgan fingerprint density at radius 2 is 1.82 bits per heavy atom. The summed E-state index contributed by atoms with van der Waals surface area (Å²) in [5, 5.41) is 0. The third-order valence-electron chi connectivity index (χ3n) is 2.73. The van der Waals surface area contributed by atoms with Crippen LogP contribution >= 0.6 is 0 Å². The Morgan fingerprint density at radius 1 is 1.00 bits per heavy atom. The van der Waals surface area contributed by atoms with Crippen LogP contribution in [0, 0.1) is 5.82 Å². The van der Waals surface area contributed by atoms with Crippen molar-refractivity contribution in [2.75, 3.05) is 6.73 Å². The number of hydrogen-bond donors (Lipinski definition) is 0. The summed E-state index contributed by atoms with van der Waals surface area (Å²) in [6.07, 6.45) is 1.90. The van der Waals surface area contributed by atoms with Gasteiger partial charge in [-0.15, -0.1) is 0 Å². The second-order valence-corrected chi connectivity index (χ2v) is 3.87. The minimum atomic E-state index is -0.313. The molecule has 0 amide bonds. The lowest BCUT2D eigenvalue weighted by Crippen LogP contribution is -2.21. The zero-order chi connectivity index (χ0) is 11.7. The molecule has 0 fully saturated rings. The summed E-state index contributed by atoms with van der Waals surface area (Å²) in [6.45, 7) is 0.331. The minimum absolute atomic E-state index is 0.313. The lowest BCUT2D eigenvalue weighted by molar-refractivity contribution is -0.476. The van der Waals surface area contributed by atoms with Gasteiger partial charge in [-0.05, 0) is 12.1 Å². The molecule has 0 bridgehead atoms. The van der Waals surface area contributed by atoms with Gasteiger partial charge in [-0.2, -0.15) is 4.58 Å². The van der Waals surface area contributed by atoms with Crippen molar-refractivity contribution in [1.82, 2.24) is 0 Å². The molecular formula is C14H11FNO+. The molecule has 3 rings (SSSR count). The fourth-order valence-electron chi connectivity index (χ4n) is 1.89. The normalized spacial score (nSPS) is 13.6. The lowest BCUT2D eigenvalue weighted by atomic mass is 10.2. The molecule has 3 heteroatoms. The number of fused-ring (bicyclic) bond motifs is 1. The summed E-state index contributed by atoms with van der Waals surface area (Å²) in [4.78, 5) is 0. The maximum absolute atomic E-state index is 13.4. The summed E-state index contributed by atoms with van der Waals surface area (Å²) in [6, 6.07) is 14.8. The molecule has 0 saturated heterocycles. The monoisotopic (exact) mass is 228 g/mol. The standard InChI is InChI=1S/C14H11FNO/c15-13-8-4-5-11-9-16(10-17-14(11)13)12-6-2-1-3-7-12/h1-9H,10H2/q+1. The van der Waals surface area contributed by atoms with Gasteiger partial charge in [-0.3, -0.25) is 0 Å². The zero-order valence-electron chi connectivity index (χ0n) is 9.14. The van der Waals surface area contributed by atoms with Crippen LogP contribution < -0.4 is 4.74 Å². The molecule has 0 aliphatic carbocycles. The van der Waals surface area contributed by atoms with E-state index in [-0.39, 0.29) is 5.82 Å². The summed E-state index contributed by atoms with van der Waals surface area (Å²) < 4.78 is 20.8. The highest BCUT2D eigenvalue weighted by Crippen LogP contribution is 2.25. The summed E-state index contributed by atoms with van der Waals surface area (Å²) >= 11 is 0. The number of rotatable bonds is 1. The van der Waals surface area contributed by atoms with Crippen LogP contribution in [0.4, 0.5) is 10.1 Å². The highest BCUT2D eigenvalue weighted by molar-refractivity contribution is 5.81. The van der Waals surface area contributed by atoms with E-state index < -0.39 is 0 Å². The third kappa shape index (κ3) is 1.80. The summed E-state index contributed by atoms with van der Waals surface area (Å²) in [5.74, 6) is 0.0196. The van der Waals surface area contributed by atoms with Crippen molar-refractivity contribution in [2.45, 2.75) is 0 Å². The van der Waals surface area contributed by atoms with Crippen LogP contribution in [0.2, 0.25) is 0 Å². The topological polar surface area (TPSA) is 12.2 Å². The van der Waals surface area contributed by atoms with Crippen LogP contribution in [0.1, 0.15) is 5.56 Å². The largest absolute Gasteiger partial charge is 0.432 e. The fraction of sp³-hybridized carbons (Fsp3) is 0.0714. The van der Waals surface area contributed by atoms with Crippen molar-refractivity contribution in [3.05, 3.63) is 59.9 Å². The molecule has 0 radical (unpaired) electrons. The second-order valence-electron chi connectivity index (χ2n) is 3.87. The van der Waals surface area contributed by atoms with Crippen molar-refractivity contribution in [3.63, 3.8) is 0 Å². The predicted octanol–water partition coefficient (Wildman–Crippen LogP) is 2.94. The van der Waals surface area contributed by atoms with Gasteiger partial charge in [0.2, 0.25) is 5.69 Å². The van der Waals surface area contributed by atoms with Gasteiger partial charge in [-0.1, -0.05) is 24.3 Å². The first-order valence-corrected chi connectivity index (χ1v) is 5.42. The Kier molecular flexibility index (Phi) is 2.37. The quantitative estimate of drug-likeness (QED) is 0.683. The zero-order valence-corrected chi connectivity index (χ0v) is 9.14. The van der Waals surface area contributed by atoms with Gasteiger partial charge in [0.1, 0.15) is 0 Å². The number of ether oxygens (including phenoxy) is 1. The Morgan fingerprint density at radius 3 is 2.65 bits per heavy atom. The molecule has 0 N–H and O–H groups in total. The number of benzene rings is 2. The molecule has 1 aliphatic rings. The van der Waals surface area contributed by atoms with Crippen LogP contribution in [0.25, 0.3) is 0 Å².